The van der Waals surface area contributed by atoms with E-state index < -0.39 is 0 Å². The zero-order valence-corrected chi connectivity index (χ0v) is 16.4. The van der Waals surface area contributed by atoms with Crippen LogP contribution in [0.4, 0.5) is 10.8 Å². The zero-order valence-electron chi connectivity index (χ0n) is 15.5. The number of rotatable bonds is 3. The summed E-state index contributed by atoms with van der Waals surface area (Å²) >= 11 is 1.55. The summed E-state index contributed by atoms with van der Waals surface area (Å²) in [5.41, 5.74) is 4.20. The van der Waals surface area contributed by atoms with E-state index in [0.29, 0.717) is 17.3 Å². The molecule has 0 fully saturated rings. The van der Waals surface area contributed by atoms with Gasteiger partial charge in [0.05, 0.1) is 11.4 Å². The maximum atomic E-state index is 12.7. The van der Waals surface area contributed by atoms with Crippen molar-refractivity contribution in [3.63, 3.8) is 0 Å². The van der Waals surface area contributed by atoms with Crippen LogP contribution in [0.1, 0.15) is 47.4 Å². The highest BCUT2D eigenvalue weighted by molar-refractivity contribution is 7.16. The molecule has 0 radical (unpaired) electrons. The molecular formula is C20H22N4O2S. The van der Waals surface area contributed by atoms with Crippen molar-refractivity contribution < 1.29 is 9.59 Å². The molecule has 0 saturated heterocycles. The van der Waals surface area contributed by atoms with Crippen molar-refractivity contribution in [3.05, 3.63) is 39.9 Å². The molecule has 0 saturated carbocycles. The minimum atomic E-state index is -0.274. The Kier molecular flexibility index (Phi) is 4.78. The van der Waals surface area contributed by atoms with Crippen LogP contribution in [-0.4, -0.2) is 22.5 Å². The maximum Gasteiger partial charge on any atom is 0.273 e. The maximum absolute atomic E-state index is 12.7. The van der Waals surface area contributed by atoms with E-state index in [1.54, 1.807) is 11.3 Å². The van der Waals surface area contributed by atoms with Crippen LogP contribution in [0.2, 0.25) is 0 Å². The van der Waals surface area contributed by atoms with Gasteiger partial charge in [-0.3, -0.25) is 14.9 Å². The van der Waals surface area contributed by atoms with E-state index in [4.69, 9.17) is 0 Å². The Morgan fingerprint density at radius 3 is 2.78 bits per heavy atom. The van der Waals surface area contributed by atoms with Gasteiger partial charge in [0.15, 0.2) is 5.13 Å². The van der Waals surface area contributed by atoms with Crippen LogP contribution in [0, 0.1) is 13.8 Å². The molecule has 1 aromatic carbocycles. The van der Waals surface area contributed by atoms with Crippen molar-refractivity contribution in [2.45, 2.75) is 52.4 Å². The highest BCUT2D eigenvalue weighted by Gasteiger charge is 2.27. The molecule has 0 bridgehead atoms. The molecule has 0 unspecified atom stereocenters. The summed E-state index contributed by atoms with van der Waals surface area (Å²) in [6.07, 6.45) is 4.98. The first-order chi connectivity index (χ1) is 13.0. The molecule has 4 rings (SSSR count). The van der Waals surface area contributed by atoms with Crippen molar-refractivity contribution in [3.8, 4) is 0 Å². The molecule has 0 atom stereocenters. The Morgan fingerprint density at radius 2 is 1.96 bits per heavy atom. The Hall–Kier alpha value is -2.54. The number of thiazole rings is 1. The van der Waals surface area contributed by atoms with Crippen LogP contribution in [-0.2, 0) is 22.4 Å². The molecule has 2 heterocycles. The molecule has 2 aromatic rings. The van der Waals surface area contributed by atoms with Crippen molar-refractivity contribution in [2.75, 3.05) is 10.3 Å². The van der Waals surface area contributed by atoms with Gasteiger partial charge in [-0.1, -0.05) is 12.1 Å². The predicted octanol–water partition coefficient (Wildman–Crippen LogP) is 3.76. The Bertz CT molecular complexity index is 924. The number of hydrazone groups is 1. The van der Waals surface area contributed by atoms with Crippen molar-refractivity contribution in [1.82, 2.24) is 4.98 Å². The lowest BCUT2D eigenvalue weighted by atomic mass is 10.0. The molecule has 1 aliphatic heterocycles. The number of benzene rings is 1. The fourth-order valence-corrected chi connectivity index (χ4v) is 4.47. The van der Waals surface area contributed by atoms with Gasteiger partial charge in [0.25, 0.3) is 5.91 Å². The van der Waals surface area contributed by atoms with E-state index in [0.717, 1.165) is 41.8 Å². The third kappa shape index (κ3) is 3.64. The summed E-state index contributed by atoms with van der Waals surface area (Å²) in [6, 6.07) is 5.88. The van der Waals surface area contributed by atoms with Gasteiger partial charge < -0.3 is 0 Å². The topological polar surface area (TPSA) is 74.7 Å². The SMILES string of the molecule is Cc1ccc(C)c(N2N=C(C(=O)Nc3nc4c(s3)CCCC4)CCC2=O)c1. The van der Waals surface area contributed by atoms with Gasteiger partial charge >= 0.3 is 0 Å². The number of carbonyl (C=O) groups excluding carboxylic acids is 2. The van der Waals surface area contributed by atoms with Crippen LogP contribution in [0.15, 0.2) is 23.3 Å². The van der Waals surface area contributed by atoms with Gasteiger partial charge in [0.2, 0.25) is 5.91 Å². The molecule has 1 aliphatic carbocycles. The average Bonchev–Trinajstić information content (AvgIpc) is 3.06. The molecule has 1 aromatic heterocycles. The van der Waals surface area contributed by atoms with Crippen LogP contribution in [0.5, 0.6) is 0 Å². The Labute approximate surface area is 162 Å². The van der Waals surface area contributed by atoms with E-state index in [-0.39, 0.29) is 18.2 Å². The summed E-state index contributed by atoms with van der Waals surface area (Å²) in [5.74, 6) is -0.367. The smallest absolute Gasteiger partial charge is 0.273 e. The number of fused-ring (bicyclic) bond motifs is 1. The standard InChI is InChI=1S/C20H22N4O2S/c1-12-7-8-13(2)16(11-12)24-18(25)10-9-15(23-24)19(26)22-20-21-14-5-3-4-6-17(14)27-20/h7-8,11H,3-6,9-10H2,1-2H3,(H,21,22,26). The highest BCUT2D eigenvalue weighted by atomic mass is 32.1. The molecule has 1 N–H and O–H groups in total. The number of hydrogen-bond acceptors (Lipinski definition) is 5. The second-order valence-electron chi connectivity index (χ2n) is 7.09. The summed E-state index contributed by atoms with van der Waals surface area (Å²) < 4.78 is 0. The molecule has 0 spiro atoms. The third-order valence-corrected chi connectivity index (χ3v) is 6.03. The van der Waals surface area contributed by atoms with Gasteiger partial charge in [-0.05, 0) is 56.7 Å². The summed E-state index contributed by atoms with van der Waals surface area (Å²) in [6.45, 7) is 3.91. The molecule has 2 aliphatic rings. The zero-order chi connectivity index (χ0) is 19.0. The van der Waals surface area contributed by atoms with Crippen molar-refractivity contribution in [1.29, 1.82) is 0 Å². The quantitative estimate of drug-likeness (QED) is 0.878. The lowest BCUT2D eigenvalue weighted by Gasteiger charge is -2.24. The number of aromatic nitrogens is 1. The van der Waals surface area contributed by atoms with Crippen molar-refractivity contribution >= 4 is 39.7 Å². The molecule has 6 nitrogen and oxygen atoms in total. The number of aryl methyl sites for hydroxylation is 4. The van der Waals surface area contributed by atoms with E-state index in [2.05, 4.69) is 15.4 Å². The molecular weight excluding hydrogens is 360 g/mol. The predicted molar refractivity (Wildman–Crippen MR) is 107 cm³/mol. The molecule has 7 heteroatoms. The van der Waals surface area contributed by atoms with Crippen LogP contribution < -0.4 is 10.3 Å². The van der Waals surface area contributed by atoms with Gasteiger partial charge in [0, 0.05) is 17.7 Å². The number of nitrogens with zero attached hydrogens (tertiary/aromatic N) is 3. The lowest BCUT2D eigenvalue weighted by molar-refractivity contribution is -0.118. The number of anilines is 2. The van der Waals surface area contributed by atoms with Crippen LogP contribution >= 0.6 is 11.3 Å². The monoisotopic (exact) mass is 382 g/mol. The number of hydrogen-bond donors (Lipinski definition) is 1. The fourth-order valence-electron chi connectivity index (χ4n) is 3.43. The van der Waals surface area contributed by atoms with E-state index in [1.807, 2.05) is 32.0 Å². The normalized spacial score (nSPS) is 16.7. The minimum absolute atomic E-state index is 0.0926. The second kappa shape index (κ2) is 7.23. The molecule has 27 heavy (non-hydrogen) atoms. The Morgan fingerprint density at radius 1 is 1.15 bits per heavy atom. The summed E-state index contributed by atoms with van der Waals surface area (Å²) in [7, 11) is 0. The Balaban J connectivity index is 1.57. The van der Waals surface area contributed by atoms with Crippen molar-refractivity contribution in [2.24, 2.45) is 5.10 Å². The lowest BCUT2D eigenvalue weighted by Crippen LogP contribution is -2.36. The first-order valence-corrected chi connectivity index (χ1v) is 10.1. The van der Waals surface area contributed by atoms with E-state index in [9.17, 15) is 9.59 Å². The fraction of sp³-hybridized carbons (Fsp3) is 0.400. The largest absolute Gasteiger partial charge is 0.297 e. The third-order valence-electron chi connectivity index (χ3n) is 4.95. The summed E-state index contributed by atoms with van der Waals surface area (Å²) in [4.78, 5) is 30.9. The molecule has 140 valence electrons. The van der Waals surface area contributed by atoms with Gasteiger partial charge in [0.1, 0.15) is 5.71 Å². The second-order valence-corrected chi connectivity index (χ2v) is 8.18. The number of carbonyl (C=O) groups is 2. The highest BCUT2D eigenvalue weighted by Crippen LogP contribution is 2.30. The number of amides is 2. The first-order valence-electron chi connectivity index (χ1n) is 9.29. The van der Waals surface area contributed by atoms with Crippen LogP contribution in [0.3, 0.4) is 0 Å². The van der Waals surface area contributed by atoms with Crippen LogP contribution in [0.25, 0.3) is 0 Å². The van der Waals surface area contributed by atoms with E-state index in [1.165, 1.54) is 16.3 Å². The number of nitrogens with one attached hydrogen (secondary N) is 1. The van der Waals surface area contributed by atoms with Gasteiger partial charge in [-0.15, -0.1) is 11.3 Å². The van der Waals surface area contributed by atoms with E-state index >= 15 is 0 Å². The minimum Gasteiger partial charge on any atom is -0.297 e. The first kappa shape index (κ1) is 17.9. The van der Waals surface area contributed by atoms with Gasteiger partial charge in [-0.2, -0.15) is 5.10 Å². The summed E-state index contributed by atoms with van der Waals surface area (Å²) in [5, 5.41) is 9.26. The molecule has 2 amide bonds. The van der Waals surface area contributed by atoms with Gasteiger partial charge in [-0.25, -0.2) is 9.99 Å². The average molecular weight is 382 g/mol.